The molecule has 0 saturated carbocycles. The quantitative estimate of drug-likeness (QED) is 0.0817. The van der Waals surface area contributed by atoms with Crippen molar-refractivity contribution in [2.75, 3.05) is 40.0 Å². The zero-order valence-electron chi connectivity index (χ0n) is 39.2. The molecule has 3 aliphatic rings. The Balaban J connectivity index is 1.29. The first-order valence-corrected chi connectivity index (χ1v) is 22.8. The van der Waals surface area contributed by atoms with E-state index in [2.05, 4.69) is 32.7 Å². The minimum atomic E-state index is -1.29. The molecule has 13 atom stereocenters. The number of methoxy groups -OCH3 is 1. The SMILES string of the molecule is CC[C@H]1OC(=O)[C@H](Cc2cn[nH]c2)C(=O)[C@H](C)[C@@H](O[C@@H]2O[C@H](C)CC(N(C)C)C2O)[C@](C)(OC)C[C@@H](C)CN[C@H](C)[C@H]2N(CCCCn3cc(-c4cccc(N)c4)nn3)C(=O)O[C@]12C. The van der Waals surface area contributed by atoms with Gasteiger partial charge < -0.3 is 44.7 Å². The highest BCUT2D eigenvalue weighted by Crippen LogP contribution is 2.40. The summed E-state index contributed by atoms with van der Waals surface area (Å²) in [5.41, 5.74) is 6.48. The number of benzene rings is 1. The van der Waals surface area contributed by atoms with E-state index >= 15 is 4.79 Å². The van der Waals surface area contributed by atoms with Crippen LogP contribution < -0.4 is 11.1 Å². The number of aryl methyl sites for hydroxylation is 1. The lowest BCUT2D eigenvalue weighted by molar-refractivity contribution is -0.295. The van der Waals surface area contributed by atoms with E-state index in [4.69, 9.17) is 29.4 Å². The van der Waals surface area contributed by atoms with Crippen LogP contribution in [0.4, 0.5) is 10.5 Å². The lowest BCUT2D eigenvalue weighted by Gasteiger charge is -2.46. The Bertz CT molecular complexity index is 2020. The molecule has 0 radical (unpaired) electrons. The van der Waals surface area contributed by atoms with Crippen LogP contribution in [-0.2, 0) is 46.2 Å². The van der Waals surface area contributed by atoms with Crippen LogP contribution in [0.15, 0.2) is 42.9 Å². The Morgan fingerprint density at radius 2 is 1.84 bits per heavy atom. The molecule has 18 nitrogen and oxygen atoms in total. The van der Waals surface area contributed by atoms with Crippen molar-refractivity contribution in [3.63, 3.8) is 0 Å². The van der Waals surface area contributed by atoms with E-state index in [9.17, 15) is 14.7 Å². The highest BCUT2D eigenvalue weighted by molar-refractivity contribution is 6.00. The maximum atomic E-state index is 15.1. The molecule has 18 heteroatoms. The van der Waals surface area contributed by atoms with Crippen molar-refractivity contribution in [2.45, 2.75) is 154 Å². The number of ether oxygens (including phenoxy) is 5. The predicted octanol–water partition coefficient (Wildman–Crippen LogP) is 4.23. The summed E-state index contributed by atoms with van der Waals surface area (Å²) in [7, 11) is 5.39. The molecule has 3 aliphatic heterocycles. The van der Waals surface area contributed by atoms with Gasteiger partial charge in [-0.1, -0.05) is 38.1 Å². The van der Waals surface area contributed by atoms with Crippen molar-refractivity contribution < 1.29 is 43.2 Å². The number of likely N-dealkylation sites (N-methyl/N-ethyl adjacent to an activating group) is 1. The number of aliphatic hydroxyl groups is 1. The summed E-state index contributed by atoms with van der Waals surface area (Å²) >= 11 is 0. The number of amides is 1. The molecule has 354 valence electrons. The smallest absolute Gasteiger partial charge is 0.410 e. The maximum absolute atomic E-state index is 15.1. The molecule has 6 rings (SSSR count). The van der Waals surface area contributed by atoms with Crippen molar-refractivity contribution in [3.8, 4) is 11.3 Å². The van der Waals surface area contributed by atoms with Gasteiger partial charge in [-0.05, 0) is 110 Å². The third kappa shape index (κ3) is 10.8. The highest BCUT2D eigenvalue weighted by atomic mass is 16.7. The molecule has 2 aromatic heterocycles. The molecule has 3 saturated heterocycles. The summed E-state index contributed by atoms with van der Waals surface area (Å²) in [4.78, 5) is 47.5. The van der Waals surface area contributed by atoms with E-state index in [1.165, 1.54) is 0 Å². The monoisotopic (exact) mass is 894 g/mol. The number of nitrogens with two attached hydrogens (primary N) is 1. The fourth-order valence-corrected chi connectivity index (χ4v) is 10.2. The largest absolute Gasteiger partial charge is 0.457 e. The Kier molecular flexibility index (Phi) is 15.9. The van der Waals surface area contributed by atoms with Gasteiger partial charge in [-0.3, -0.25) is 24.3 Å². The van der Waals surface area contributed by atoms with Crippen molar-refractivity contribution >= 4 is 23.5 Å². The van der Waals surface area contributed by atoms with Crippen LogP contribution in [0.3, 0.4) is 0 Å². The molecule has 5 N–H and O–H groups in total. The number of ketones is 1. The Morgan fingerprint density at radius 3 is 2.52 bits per heavy atom. The molecule has 2 unspecified atom stereocenters. The van der Waals surface area contributed by atoms with Crippen LogP contribution in [0.2, 0.25) is 0 Å². The minimum absolute atomic E-state index is 0.000730. The van der Waals surface area contributed by atoms with Gasteiger partial charge in [0.25, 0.3) is 0 Å². The molecule has 1 amide bonds. The number of cyclic esters (lactones) is 1. The third-order valence-electron chi connectivity index (χ3n) is 13.7. The van der Waals surface area contributed by atoms with Crippen molar-refractivity contribution in [3.05, 3.63) is 48.4 Å². The number of Topliss-reactive ketones (excluding diaryl/α,β-unsaturated/α-hetero) is 1. The van der Waals surface area contributed by atoms with Crippen LogP contribution in [-0.4, -0.2) is 152 Å². The summed E-state index contributed by atoms with van der Waals surface area (Å²) in [6.07, 6.45) is 3.05. The van der Waals surface area contributed by atoms with Gasteiger partial charge in [0.1, 0.15) is 23.8 Å². The van der Waals surface area contributed by atoms with Crippen molar-refractivity contribution in [2.24, 2.45) is 17.8 Å². The molecule has 5 heterocycles. The number of carbonyl (C=O) groups is 3. The first-order chi connectivity index (χ1) is 30.4. The summed E-state index contributed by atoms with van der Waals surface area (Å²) in [5, 5.41) is 30.8. The highest BCUT2D eigenvalue weighted by Gasteiger charge is 2.59. The molecule has 64 heavy (non-hydrogen) atoms. The van der Waals surface area contributed by atoms with E-state index in [1.54, 1.807) is 36.0 Å². The van der Waals surface area contributed by atoms with E-state index in [1.807, 2.05) is 84.1 Å². The zero-order chi connectivity index (χ0) is 46.5. The summed E-state index contributed by atoms with van der Waals surface area (Å²) in [6.45, 7) is 14.8. The number of aliphatic hydroxyl groups excluding tert-OH is 1. The van der Waals surface area contributed by atoms with Gasteiger partial charge in [0, 0.05) is 55.6 Å². The predicted molar refractivity (Wildman–Crippen MR) is 239 cm³/mol. The number of unbranched alkanes of at least 4 members (excludes halogenated alkanes) is 1. The molecule has 3 aromatic rings. The van der Waals surface area contributed by atoms with Crippen LogP contribution in [0.5, 0.6) is 0 Å². The second kappa shape index (κ2) is 20.8. The second-order valence-electron chi connectivity index (χ2n) is 18.9. The maximum Gasteiger partial charge on any atom is 0.410 e. The van der Waals surface area contributed by atoms with Gasteiger partial charge in [-0.2, -0.15) is 5.10 Å². The lowest BCUT2D eigenvalue weighted by Crippen LogP contribution is -2.61. The summed E-state index contributed by atoms with van der Waals surface area (Å²) in [5.74, 6) is -3.44. The minimum Gasteiger partial charge on any atom is -0.457 e. The Morgan fingerprint density at radius 1 is 1.09 bits per heavy atom. The standard InChI is InChI=1S/C46H71N9O9/c1-11-37-46(7)40(55(44(59)64-46)18-13-12-17-54-26-35(51-52-54)32-15-14-16-33(47)21-32)30(5)48-23-27(2)22-45(6,60-10)41(63-43-39(57)36(53(8)9)19-28(3)61-43)29(4)38(56)34(42(58)62-37)20-31-24-49-50-25-31/h14-16,21,24-30,34,36-37,39-41,43,48,57H,11-13,17-20,22-23,47H2,1-10H3,(H,49,50)/t27-,28-,29+,30-,34-,36?,37-,39?,40-,41-,43+,45-,46-/m1/s1. The molecule has 1 aromatic carbocycles. The van der Waals surface area contributed by atoms with Gasteiger partial charge >= 0.3 is 12.1 Å². The average molecular weight is 894 g/mol. The molecular weight excluding hydrogens is 823 g/mol. The van der Waals surface area contributed by atoms with Crippen LogP contribution in [0, 0.1) is 17.8 Å². The van der Waals surface area contributed by atoms with Gasteiger partial charge in [-0.25, -0.2) is 4.79 Å². The fourth-order valence-electron chi connectivity index (χ4n) is 10.2. The normalized spacial score (nSPS) is 34.5. The van der Waals surface area contributed by atoms with Crippen molar-refractivity contribution in [1.29, 1.82) is 0 Å². The topological polar surface area (TPSA) is 222 Å². The fraction of sp³-hybridized carbons (Fsp3) is 0.696. The lowest BCUT2D eigenvalue weighted by atomic mass is 9.77. The molecule has 3 fully saturated rings. The Hall–Kier alpha value is -4.46. The number of hydrogen-bond donors (Lipinski definition) is 4. The van der Waals surface area contributed by atoms with Gasteiger partial charge in [0.15, 0.2) is 17.7 Å². The molecular formula is C46H71N9O9. The average Bonchev–Trinajstić information content (AvgIpc) is 4.01. The first-order valence-electron chi connectivity index (χ1n) is 22.8. The number of nitrogen functional groups attached to an aromatic ring is 1. The molecule has 0 aliphatic carbocycles. The molecule has 0 spiro atoms. The number of esters is 1. The number of rotatable bonds is 13. The Labute approximate surface area is 377 Å². The number of anilines is 1. The van der Waals surface area contributed by atoms with E-state index in [-0.39, 0.29) is 30.5 Å². The van der Waals surface area contributed by atoms with E-state index in [0.717, 1.165) is 11.3 Å². The molecule has 0 bridgehead atoms. The third-order valence-corrected chi connectivity index (χ3v) is 13.7. The number of hydrogen-bond acceptors (Lipinski definition) is 15. The summed E-state index contributed by atoms with van der Waals surface area (Å²) < 4.78 is 33.9. The van der Waals surface area contributed by atoms with Crippen LogP contribution in [0.25, 0.3) is 11.3 Å². The number of aromatic nitrogens is 5. The van der Waals surface area contributed by atoms with Crippen LogP contribution in [0.1, 0.15) is 86.1 Å². The second-order valence-corrected chi connectivity index (χ2v) is 18.9. The number of fused-ring (bicyclic) bond motifs is 1. The van der Waals surface area contributed by atoms with E-state index in [0.29, 0.717) is 63.0 Å². The van der Waals surface area contributed by atoms with Crippen molar-refractivity contribution in [1.82, 2.24) is 40.3 Å². The number of aromatic amines is 1. The zero-order valence-corrected chi connectivity index (χ0v) is 39.2. The van der Waals surface area contributed by atoms with E-state index < -0.39 is 71.5 Å². The van der Waals surface area contributed by atoms with Crippen LogP contribution >= 0.6 is 0 Å². The first kappa shape index (κ1) is 49.0. The van der Waals surface area contributed by atoms with Gasteiger partial charge in [0.2, 0.25) is 0 Å². The number of nitrogens with zero attached hydrogens (tertiary/aromatic N) is 6. The number of H-pyrrole nitrogens is 1. The number of carbonyl (C=O) groups excluding carboxylic acids is 3. The van der Waals surface area contributed by atoms with Gasteiger partial charge in [-0.15, -0.1) is 5.10 Å². The summed E-state index contributed by atoms with van der Waals surface area (Å²) in [6, 6.07) is 6.35. The van der Waals surface area contributed by atoms with Gasteiger partial charge in [0.05, 0.1) is 36.2 Å². The number of nitrogens with one attached hydrogen (secondary N) is 2.